The zero-order chi connectivity index (χ0) is 11.3. The van der Waals surface area contributed by atoms with E-state index in [-0.39, 0.29) is 5.78 Å². The lowest BCUT2D eigenvalue weighted by Crippen LogP contribution is -2.35. The fraction of sp³-hybridized carbons (Fsp3) is 0.545. The van der Waals surface area contributed by atoms with Crippen molar-refractivity contribution in [3.05, 3.63) is 22.4 Å². The maximum atomic E-state index is 11.8. The topological polar surface area (TPSA) is 20.3 Å². The molecule has 0 bridgehead atoms. The summed E-state index contributed by atoms with van der Waals surface area (Å²) in [5.74, 6) is 1.29. The van der Waals surface area contributed by atoms with E-state index >= 15 is 0 Å². The zero-order valence-electron chi connectivity index (χ0n) is 9.40. The van der Waals surface area contributed by atoms with Crippen molar-refractivity contribution in [2.45, 2.75) is 13.0 Å². The van der Waals surface area contributed by atoms with Crippen LogP contribution in [0.15, 0.2) is 17.5 Å². The third-order valence-corrected chi connectivity index (χ3v) is 4.08. The third-order valence-electron chi connectivity index (χ3n) is 2.35. The highest BCUT2D eigenvalue weighted by molar-refractivity contribution is 7.98. The molecule has 1 aromatic heterocycles. The summed E-state index contributed by atoms with van der Waals surface area (Å²) in [7, 11) is 2.01. The van der Waals surface area contributed by atoms with Gasteiger partial charge >= 0.3 is 0 Å². The van der Waals surface area contributed by atoms with Crippen molar-refractivity contribution in [1.82, 2.24) is 4.90 Å². The number of hydrogen-bond acceptors (Lipinski definition) is 4. The average molecular weight is 243 g/mol. The van der Waals surface area contributed by atoms with Crippen LogP contribution in [-0.2, 0) is 0 Å². The van der Waals surface area contributed by atoms with E-state index < -0.39 is 0 Å². The zero-order valence-corrected chi connectivity index (χ0v) is 11.0. The van der Waals surface area contributed by atoms with Gasteiger partial charge in [0.05, 0.1) is 11.4 Å². The molecule has 2 nitrogen and oxygen atoms in total. The molecule has 0 saturated carbocycles. The van der Waals surface area contributed by atoms with Gasteiger partial charge in [-0.15, -0.1) is 11.3 Å². The minimum Gasteiger partial charge on any atom is -0.295 e. The van der Waals surface area contributed by atoms with E-state index in [4.69, 9.17) is 0 Å². The van der Waals surface area contributed by atoms with Crippen LogP contribution in [0.3, 0.4) is 0 Å². The van der Waals surface area contributed by atoms with Gasteiger partial charge in [0.15, 0.2) is 5.78 Å². The van der Waals surface area contributed by atoms with Gasteiger partial charge in [-0.25, -0.2) is 0 Å². The average Bonchev–Trinajstić information content (AvgIpc) is 2.70. The molecule has 0 N–H and O–H groups in total. The van der Waals surface area contributed by atoms with Gasteiger partial charge < -0.3 is 0 Å². The molecular weight excluding hydrogens is 226 g/mol. The Labute approximate surface area is 99.7 Å². The Morgan fingerprint density at radius 1 is 1.67 bits per heavy atom. The molecule has 0 aliphatic heterocycles. The maximum Gasteiger partial charge on any atom is 0.186 e. The van der Waals surface area contributed by atoms with Crippen molar-refractivity contribution in [2.24, 2.45) is 0 Å². The van der Waals surface area contributed by atoms with Gasteiger partial charge in [-0.2, -0.15) is 11.8 Å². The molecule has 15 heavy (non-hydrogen) atoms. The number of thioether (sulfide) groups is 1. The van der Waals surface area contributed by atoms with Crippen molar-refractivity contribution < 1.29 is 4.79 Å². The predicted octanol–water partition coefficient (Wildman–Crippen LogP) is 2.61. The number of likely N-dealkylation sites (N-methyl/N-ethyl adjacent to an activating group) is 1. The second-order valence-electron chi connectivity index (χ2n) is 3.62. The first-order valence-electron chi connectivity index (χ1n) is 4.91. The van der Waals surface area contributed by atoms with Crippen LogP contribution in [0.5, 0.6) is 0 Å². The van der Waals surface area contributed by atoms with Crippen molar-refractivity contribution in [3.63, 3.8) is 0 Å². The molecule has 84 valence electrons. The van der Waals surface area contributed by atoms with Crippen LogP contribution in [-0.4, -0.2) is 42.3 Å². The highest BCUT2D eigenvalue weighted by Crippen LogP contribution is 2.11. The summed E-state index contributed by atoms with van der Waals surface area (Å²) >= 11 is 3.33. The van der Waals surface area contributed by atoms with Gasteiger partial charge in [0.2, 0.25) is 0 Å². The van der Waals surface area contributed by atoms with Crippen LogP contribution in [0.4, 0.5) is 0 Å². The van der Waals surface area contributed by atoms with Gasteiger partial charge in [-0.1, -0.05) is 6.07 Å². The number of Topliss-reactive ketones (excluding diaryl/α,β-unsaturated/α-hetero) is 1. The monoisotopic (exact) mass is 243 g/mol. The van der Waals surface area contributed by atoms with Gasteiger partial charge in [-0.05, 0) is 31.7 Å². The summed E-state index contributed by atoms with van der Waals surface area (Å²) in [5.41, 5.74) is 0. The minimum atomic E-state index is 0.223. The van der Waals surface area contributed by atoms with Crippen LogP contribution in [0.2, 0.25) is 0 Å². The summed E-state index contributed by atoms with van der Waals surface area (Å²) in [4.78, 5) is 14.8. The summed E-state index contributed by atoms with van der Waals surface area (Å²) < 4.78 is 0. The molecule has 0 amide bonds. The van der Waals surface area contributed by atoms with E-state index in [2.05, 4.69) is 18.1 Å². The van der Waals surface area contributed by atoms with Crippen LogP contribution in [0.25, 0.3) is 0 Å². The van der Waals surface area contributed by atoms with Gasteiger partial charge in [0.1, 0.15) is 0 Å². The number of rotatable bonds is 6. The van der Waals surface area contributed by atoms with Crippen molar-refractivity contribution in [2.75, 3.05) is 25.6 Å². The van der Waals surface area contributed by atoms with Crippen LogP contribution >= 0.6 is 23.1 Å². The Morgan fingerprint density at radius 3 is 2.93 bits per heavy atom. The predicted molar refractivity (Wildman–Crippen MR) is 69.1 cm³/mol. The van der Waals surface area contributed by atoms with Crippen LogP contribution in [0, 0.1) is 0 Å². The van der Waals surface area contributed by atoms with E-state index in [1.54, 1.807) is 0 Å². The summed E-state index contributed by atoms with van der Waals surface area (Å²) in [6.45, 7) is 2.67. The molecule has 4 heteroatoms. The number of nitrogens with zero attached hydrogens (tertiary/aromatic N) is 1. The molecule has 0 spiro atoms. The lowest BCUT2D eigenvalue weighted by molar-refractivity contribution is 0.0935. The summed E-state index contributed by atoms with van der Waals surface area (Å²) in [6.07, 6.45) is 2.09. The molecule has 1 heterocycles. The third kappa shape index (κ3) is 3.97. The molecule has 1 aromatic rings. The number of hydrogen-bond donors (Lipinski definition) is 0. The Morgan fingerprint density at radius 2 is 2.40 bits per heavy atom. The second kappa shape index (κ2) is 6.30. The van der Waals surface area contributed by atoms with E-state index in [9.17, 15) is 4.79 Å². The van der Waals surface area contributed by atoms with Crippen molar-refractivity contribution >= 4 is 28.9 Å². The molecular formula is C11H17NOS2. The van der Waals surface area contributed by atoms with E-state index in [1.165, 1.54) is 11.3 Å². The highest BCUT2D eigenvalue weighted by atomic mass is 32.2. The Bertz CT molecular complexity index is 298. The standard InChI is InChI=1S/C11H17NOS2/c1-9(8-14-3)12(2)7-10(13)11-5-4-6-15-11/h4-6,9H,7-8H2,1-3H3. The number of thiophene rings is 1. The largest absolute Gasteiger partial charge is 0.295 e. The molecule has 1 atom stereocenters. The SMILES string of the molecule is CSCC(C)N(C)CC(=O)c1cccs1. The normalized spacial score (nSPS) is 13.1. The van der Waals surface area contributed by atoms with Crippen LogP contribution in [0.1, 0.15) is 16.6 Å². The molecule has 1 rings (SSSR count). The minimum absolute atomic E-state index is 0.223. The fourth-order valence-electron chi connectivity index (χ4n) is 1.27. The van der Waals surface area contributed by atoms with Crippen molar-refractivity contribution in [1.29, 1.82) is 0 Å². The number of carbonyl (C=O) groups is 1. The Kier molecular flexibility index (Phi) is 5.36. The van der Waals surface area contributed by atoms with Gasteiger partial charge in [0.25, 0.3) is 0 Å². The van der Waals surface area contributed by atoms with E-state index in [0.717, 1.165) is 10.6 Å². The molecule has 0 aliphatic carbocycles. The second-order valence-corrected chi connectivity index (χ2v) is 5.48. The Hall–Kier alpha value is -0.320. The Balaban J connectivity index is 2.44. The fourth-order valence-corrected chi connectivity index (χ4v) is 2.66. The number of ketones is 1. The summed E-state index contributed by atoms with van der Waals surface area (Å²) in [6, 6.07) is 4.26. The van der Waals surface area contributed by atoms with Gasteiger partial charge in [0, 0.05) is 11.8 Å². The van der Waals surface area contributed by atoms with Gasteiger partial charge in [-0.3, -0.25) is 9.69 Å². The lowest BCUT2D eigenvalue weighted by atomic mass is 10.2. The molecule has 0 fully saturated rings. The number of carbonyl (C=O) groups excluding carboxylic acids is 1. The summed E-state index contributed by atoms with van der Waals surface area (Å²) in [5, 5.41) is 1.94. The highest BCUT2D eigenvalue weighted by Gasteiger charge is 2.14. The molecule has 0 radical (unpaired) electrons. The van der Waals surface area contributed by atoms with E-state index in [1.807, 2.05) is 36.3 Å². The first kappa shape index (κ1) is 12.7. The first-order valence-corrected chi connectivity index (χ1v) is 7.18. The first-order chi connectivity index (χ1) is 7.15. The smallest absolute Gasteiger partial charge is 0.186 e. The quantitative estimate of drug-likeness (QED) is 0.716. The molecule has 1 unspecified atom stereocenters. The molecule has 0 saturated heterocycles. The van der Waals surface area contributed by atoms with E-state index in [0.29, 0.717) is 12.6 Å². The molecule has 0 aliphatic rings. The molecule has 0 aromatic carbocycles. The maximum absolute atomic E-state index is 11.8. The lowest BCUT2D eigenvalue weighted by Gasteiger charge is -2.22. The van der Waals surface area contributed by atoms with Crippen molar-refractivity contribution in [3.8, 4) is 0 Å². The van der Waals surface area contributed by atoms with Crippen LogP contribution < -0.4 is 0 Å².